The summed E-state index contributed by atoms with van der Waals surface area (Å²) >= 11 is 0. The lowest BCUT2D eigenvalue weighted by atomic mass is 9.96. The topological polar surface area (TPSA) is 33.7 Å². The highest BCUT2D eigenvalue weighted by Gasteiger charge is 2.25. The van der Waals surface area contributed by atoms with Crippen molar-refractivity contribution in [1.29, 1.82) is 0 Å². The van der Waals surface area contributed by atoms with Crippen LogP contribution in [0, 0.1) is 5.92 Å². The zero-order valence-corrected chi connectivity index (χ0v) is 13.0. The van der Waals surface area contributed by atoms with Crippen LogP contribution in [0.2, 0.25) is 0 Å². The second-order valence-corrected chi connectivity index (χ2v) is 5.56. The van der Waals surface area contributed by atoms with E-state index in [9.17, 15) is 0 Å². The molecule has 1 fully saturated rings. The number of nitrogens with zero attached hydrogens (tertiary/aromatic N) is 1. The van der Waals surface area contributed by atoms with Gasteiger partial charge in [-0.25, -0.2) is 0 Å². The maximum Gasteiger partial charge on any atom is 0.0724 e. The molecule has 0 aromatic carbocycles. The van der Waals surface area contributed by atoms with Crippen molar-refractivity contribution in [1.82, 2.24) is 10.2 Å². The number of rotatable bonds is 10. The molecule has 0 saturated carbocycles. The normalized spacial score (nSPS) is 24.8. The third-order valence-electron chi connectivity index (χ3n) is 3.95. The molecule has 1 aliphatic heterocycles. The first-order chi connectivity index (χ1) is 9.27. The Kier molecular flexibility index (Phi) is 9.43. The van der Waals surface area contributed by atoms with Gasteiger partial charge in [-0.15, -0.1) is 0 Å². The SMILES string of the molecule is CCCCOCCNCCN1CCC(C)C(OC)C1. The van der Waals surface area contributed by atoms with E-state index in [0.717, 1.165) is 39.4 Å². The fourth-order valence-electron chi connectivity index (χ4n) is 2.46. The lowest BCUT2D eigenvalue weighted by Crippen LogP contribution is -2.46. The Balaban J connectivity index is 1.95. The lowest BCUT2D eigenvalue weighted by molar-refractivity contribution is -0.00452. The summed E-state index contributed by atoms with van der Waals surface area (Å²) in [5.74, 6) is 0.696. The van der Waals surface area contributed by atoms with Gasteiger partial charge in [-0.05, 0) is 25.3 Å². The number of piperidine rings is 1. The summed E-state index contributed by atoms with van der Waals surface area (Å²) in [6.45, 7) is 11.6. The highest BCUT2D eigenvalue weighted by atomic mass is 16.5. The zero-order chi connectivity index (χ0) is 13.9. The van der Waals surface area contributed by atoms with Gasteiger partial charge in [0.1, 0.15) is 0 Å². The first kappa shape index (κ1) is 16.9. The van der Waals surface area contributed by atoms with Gasteiger partial charge in [0.25, 0.3) is 0 Å². The Labute approximate surface area is 118 Å². The molecule has 0 bridgehead atoms. The predicted molar refractivity (Wildman–Crippen MR) is 79.6 cm³/mol. The molecular weight excluding hydrogens is 240 g/mol. The minimum absolute atomic E-state index is 0.408. The Bertz CT molecular complexity index is 214. The monoisotopic (exact) mass is 272 g/mol. The van der Waals surface area contributed by atoms with Crippen molar-refractivity contribution in [2.75, 3.05) is 53.0 Å². The van der Waals surface area contributed by atoms with Crippen LogP contribution < -0.4 is 5.32 Å². The van der Waals surface area contributed by atoms with Crippen molar-refractivity contribution in [2.24, 2.45) is 5.92 Å². The molecule has 2 unspecified atom stereocenters. The fraction of sp³-hybridized carbons (Fsp3) is 1.00. The molecule has 114 valence electrons. The molecule has 4 nitrogen and oxygen atoms in total. The number of hydrogen-bond donors (Lipinski definition) is 1. The molecule has 0 aromatic heterocycles. The van der Waals surface area contributed by atoms with Gasteiger partial charge in [-0.1, -0.05) is 20.3 Å². The summed E-state index contributed by atoms with van der Waals surface area (Å²) in [4.78, 5) is 2.50. The molecular formula is C15H32N2O2. The smallest absolute Gasteiger partial charge is 0.0724 e. The molecule has 0 aliphatic carbocycles. The predicted octanol–water partition coefficient (Wildman–Crippen LogP) is 1.75. The van der Waals surface area contributed by atoms with Crippen LogP contribution in [0.4, 0.5) is 0 Å². The van der Waals surface area contributed by atoms with E-state index in [0.29, 0.717) is 12.0 Å². The molecule has 19 heavy (non-hydrogen) atoms. The van der Waals surface area contributed by atoms with E-state index in [1.807, 2.05) is 7.11 Å². The molecule has 0 amide bonds. The summed E-state index contributed by atoms with van der Waals surface area (Å²) < 4.78 is 11.1. The maximum atomic E-state index is 5.53. The first-order valence-electron chi connectivity index (χ1n) is 7.81. The van der Waals surface area contributed by atoms with E-state index < -0.39 is 0 Å². The summed E-state index contributed by atoms with van der Waals surface area (Å²) in [6.07, 6.45) is 4.04. The van der Waals surface area contributed by atoms with Gasteiger partial charge in [0, 0.05) is 39.9 Å². The van der Waals surface area contributed by atoms with Gasteiger partial charge in [0.05, 0.1) is 12.7 Å². The number of hydrogen-bond acceptors (Lipinski definition) is 4. The van der Waals surface area contributed by atoms with Gasteiger partial charge in [-0.2, -0.15) is 0 Å². The van der Waals surface area contributed by atoms with Crippen molar-refractivity contribution in [3.63, 3.8) is 0 Å². The fourth-order valence-corrected chi connectivity index (χ4v) is 2.46. The van der Waals surface area contributed by atoms with Gasteiger partial charge in [0.2, 0.25) is 0 Å². The average Bonchev–Trinajstić information content (AvgIpc) is 2.43. The van der Waals surface area contributed by atoms with Crippen LogP contribution in [0.5, 0.6) is 0 Å². The van der Waals surface area contributed by atoms with Crippen molar-refractivity contribution in [2.45, 2.75) is 39.2 Å². The summed E-state index contributed by atoms with van der Waals surface area (Å²) in [5, 5.41) is 3.45. The number of unbranched alkanes of at least 4 members (excludes halogenated alkanes) is 1. The Morgan fingerprint density at radius 2 is 2.11 bits per heavy atom. The van der Waals surface area contributed by atoms with E-state index >= 15 is 0 Å². The molecule has 1 rings (SSSR count). The van der Waals surface area contributed by atoms with E-state index in [2.05, 4.69) is 24.1 Å². The molecule has 0 spiro atoms. The van der Waals surface area contributed by atoms with Gasteiger partial charge < -0.3 is 14.8 Å². The molecule has 0 radical (unpaired) electrons. The van der Waals surface area contributed by atoms with Gasteiger partial charge >= 0.3 is 0 Å². The zero-order valence-electron chi connectivity index (χ0n) is 13.0. The van der Waals surface area contributed by atoms with Gasteiger partial charge in [-0.3, -0.25) is 4.90 Å². The van der Waals surface area contributed by atoms with Crippen LogP contribution in [0.15, 0.2) is 0 Å². The maximum absolute atomic E-state index is 5.53. The van der Waals surface area contributed by atoms with E-state index in [-0.39, 0.29) is 0 Å². The Morgan fingerprint density at radius 3 is 2.84 bits per heavy atom. The van der Waals surface area contributed by atoms with Crippen molar-refractivity contribution in [3.8, 4) is 0 Å². The molecule has 1 N–H and O–H groups in total. The number of likely N-dealkylation sites (tertiary alicyclic amines) is 1. The van der Waals surface area contributed by atoms with E-state index in [4.69, 9.17) is 9.47 Å². The lowest BCUT2D eigenvalue weighted by Gasteiger charge is -2.36. The minimum Gasteiger partial charge on any atom is -0.380 e. The van der Waals surface area contributed by atoms with Crippen LogP contribution in [0.25, 0.3) is 0 Å². The second kappa shape index (κ2) is 10.6. The summed E-state index contributed by atoms with van der Waals surface area (Å²) in [7, 11) is 1.83. The van der Waals surface area contributed by atoms with Crippen molar-refractivity contribution in [3.05, 3.63) is 0 Å². The van der Waals surface area contributed by atoms with Crippen molar-refractivity contribution < 1.29 is 9.47 Å². The van der Waals surface area contributed by atoms with Gasteiger partial charge in [0.15, 0.2) is 0 Å². The van der Waals surface area contributed by atoms with Crippen LogP contribution in [0.1, 0.15) is 33.1 Å². The number of ether oxygens (including phenoxy) is 2. The van der Waals surface area contributed by atoms with Crippen LogP contribution in [-0.4, -0.2) is 64.1 Å². The third-order valence-corrected chi connectivity index (χ3v) is 3.95. The molecule has 0 aromatic rings. The molecule has 4 heteroatoms. The largest absolute Gasteiger partial charge is 0.380 e. The first-order valence-corrected chi connectivity index (χ1v) is 7.81. The minimum atomic E-state index is 0.408. The highest BCUT2D eigenvalue weighted by Crippen LogP contribution is 2.18. The van der Waals surface area contributed by atoms with Crippen LogP contribution in [-0.2, 0) is 9.47 Å². The standard InChI is InChI=1S/C15H32N2O2/c1-4-5-11-19-12-8-16-7-10-17-9-6-14(2)15(13-17)18-3/h14-16H,4-13H2,1-3H3. The number of methoxy groups -OCH3 is 1. The van der Waals surface area contributed by atoms with Crippen LogP contribution >= 0.6 is 0 Å². The third kappa shape index (κ3) is 7.25. The quantitative estimate of drug-likeness (QED) is 0.614. The second-order valence-electron chi connectivity index (χ2n) is 5.56. The van der Waals surface area contributed by atoms with E-state index in [1.165, 1.54) is 25.8 Å². The van der Waals surface area contributed by atoms with E-state index in [1.54, 1.807) is 0 Å². The molecule has 1 aliphatic rings. The van der Waals surface area contributed by atoms with Crippen molar-refractivity contribution >= 4 is 0 Å². The highest BCUT2D eigenvalue weighted by molar-refractivity contribution is 4.78. The summed E-state index contributed by atoms with van der Waals surface area (Å²) in [6, 6.07) is 0. The molecule has 1 heterocycles. The molecule has 1 saturated heterocycles. The molecule has 2 atom stereocenters. The average molecular weight is 272 g/mol. The Hall–Kier alpha value is -0.160. The van der Waals surface area contributed by atoms with Crippen LogP contribution in [0.3, 0.4) is 0 Å². The Morgan fingerprint density at radius 1 is 1.26 bits per heavy atom. The number of nitrogens with one attached hydrogen (secondary N) is 1. The summed E-state index contributed by atoms with van der Waals surface area (Å²) in [5.41, 5.74) is 0.